The molecule has 11 nitrogen and oxygen atoms in total. The van der Waals surface area contributed by atoms with Crippen LogP contribution in [0.3, 0.4) is 0 Å². The van der Waals surface area contributed by atoms with E-state index in [1.165, 1.54) is 12.1 Å². The van der Waals surface area contributed by atoms with E-state index in [0.29, 0.717) is 62.8 Å². The molecule has 6 heterocycles. The summed E-state index contributed by atoms with van der Waals surface area (Å²) < 4.78 is 15.1. The number of nitrogens with one attached hydrogen (secondary N) is 1. The van der Waals surface area contributed by atoms with Gasteiger partial charge in [0.2, 0.25) is 11.8 Å². The van der Waals surface area contributed by atoms with Crippen molar-refractivity contribution in [1.29, 1.82) is 5.41 Å². The highest BCUT2D eigenvalue weighted by Gasteiger charge is 2.51. The molecule has 236 valence electrons. The van der Waals surface area contributed by atoms with Gasteiger partial charge in [-0.05, 0) is 68.1 Å². The van der Waals surface area contributed by atoms with Crippen LogP contribution in [-0.2, 0) is 16.6 Å². The third kappa shape index (κ3) is 5.64. The summed E-state index contributed by atoms with van der Waals surface area (Å²) in [5.41, 5.74) is 3.45. The molecule has 0 radical (unpaired) electrons. The van der Waals surface area contributed by atoms with Gasteiger partial charge in [-0.25, -0.2) is 14.4 Å². The highest BCUT2D eigenvalue weighted by atomic mass is 32.1. The lowest BCUT2D eigenvalue weighted by Crippen LogP contribution is -2.43. The normalized spacial score (nSPS) is 20.2. The SMILES string of the molecule is Cc1ccc(N2CC[C@]3(CCN(CC(=O)N4CC=C(c5ncc(-c6ncn(C)n6)s5)CC4)C3)C2=O)cc1C(=N)c1ccc(F)cn1. The third-order valence-corrected chi connectivity index (χ3v) is 10.3. The van der Waals surface area contributed by atoms with E-state index in [0.717, 1.165) is 45.7 Å². The monoisotopic (exact) mass is 639 g/mol. The number of likely N-dealkylation sites (tertiary alicyclic amines) is 1. The minimum Gasteiger partial charge on any atom is -0.338 e. The molecule has 3 aliphatic rings. The quantitative estimate of drug-likeness (QED) is 0.304. The van der Waals surface area contributed by atoms with Crippen molar-refractivity contribution in [3.8, 4) is 10.7 Å². The molecule has 2 saturated heterocycles. The molecule has 0 unspecified atom stereocenters. The summed E-state index contributed by atoms with van der Waals surface area (Å²) in [6.45, 7) is 5.21. The first-order valence-electron chi connectivity index (χ1n) is 15.3. The van der Waals surface area contributed by atoms with Crippen molar-refractivity contribution >= 4 is 40.1 Å². The number of carbonyl (C=O) groups excluding carboxylic acids is 2. The molecule has 2 fully saturated rings. The van der Waals surface area contributed by atoms with Crippen LogP contribution < -0.4 is 4.90 Å². The minimum atomic E-state index is -0.517. The molecule has 13 heteroatoms. The van der Waals surface area contributed by atoms with E-state index in [-0.39, 0.29) is 17.5 Å². The predicted molar refractivity (Wildman–Crippen MR) is 173 cm³/mol. The van der Waals surface area contributed by atoms with Gasteiger partial charge >= 0.3 is 0 Å². The number of amides is 2. The van der Waals surface area contributed by atoms with Crippen molar-refractivity contribution in [2.24, 2.45) is 12.5 Å². The van der Waals surface area contributed by atoms with E-state index in [9.17, 15) is 14.0 Å². The van der Waals surface area contributed by atoms with Crippen LogP contribution in [0.4, 0.5) is 10.1 Å². The number of benzene rings is 1. The van der Waals surface area contributed by atoms with E-state index >= 15 is 0 Å². The van der Waals surface area contributed by atoms with Crippen molar-refractivity contribution < 1.29 is 14.0 Å². The molecule has 1 aromatic carbocycles. The standard InChI is InChI=1S/C33H34FN9O2S/c1-21-3-5-24(15-25(21)29(35)26-6-4-23(34)16-36-26)43-14-10-33(32(43)45)9-13-41(19-33)18-28(44)42-11-7-22(8-12-42)31-37-17-27(46-31)30-38-20-40(2)39-30/h3-7,15-17,20,35H,8-14,18-19H2,1-2H3/t33-/m0/s1. The Labute approximate surface area is 269 Å². The minimum absolute atomic E-state index is 0.0676. The fourth-order valence-corrected chi connectivity index (χ4v) is 7.53. The maximum absolute atomic E-state index is 13.9. The molecule has 1 N–H and O–H groups in total. The summed E-state index contributed by atoms with van der Waals surface area (Å²) in [6, 6.07) is 8.46. The fraction of sp³-hybridized carbons (Fsp3) is 0.364. The lowest BCUT2D eigenvalue weighted by atomic mass is 9.85. The molecule has 1 atom stereocenters. The topological polar surface area (TPSA) is 124 Å². The number of nitrogens with zero attached hydrogens (tertiary/aromatic N) is 8. The van der Waals surface area contributed by atoms with Crippen LogP contribution in [-0.4, -0.2) is 91.3 Å². The summed E-state index contributed by atoms with van der Waals surface area (Å²) in [7, 11) is 1.84. The smallest absolute Gasteiger partial charge is 0.237 e. The van der Waals surface area contributed by atoms with E-state index < -0.39 is 11.2 Å². The number of hydrogen-bond donors (Lipinski definition) is 1. The van der Waals surface area contributed by atoms with E-state index in [1.807, 2.05) is 42.0 Å². The zero-order valence-corrected chi connectivity index (χ0v) is 26.6. The Hall–Kier alpha value is -4.62. The number of aromatic nitrogens is 5. The molecule has 3 aliphatic heterocycles. The number of hydrogen-bond acceptors (Lipinski definition) is 9. The van der Waals surface area contributed by atoms with Crippen LogP contribution in [0.2, 0.25) is 0 Å². The molecule has 1 spiro atoms. The molecular weight excluding hydrogens is 605 g/mol. The second kappa shape index (κ2) is 12.0. The Kier molecular flexibility index (Phi) is 7.81. The van der Waals surface area contributed by atoms with Crippen LogP contribution in [0.1, 0.15) is 41.1 Å². The lowest BCUT2D eigenvalue weighted by molar-refractivity contribution is -0.132. The molecule has 46 heavy (non-hydrogen) atoms. The Morgan fingerprint density at radius 1 is 1.09 bits per heavy atom. The number of anilines is 1. The van der Waals surface area contributed by atoms with Gasteiger partial charge in [0, 0.05) is 50.7 Å². The van der Waals surface area contributed by atoms with Crippen LogP contribution >= 0.6 is 11.3 Å². The van der Waals surface area contributed by atoms with E-state index in [1.54, 1.807) is 28.5 Å². The second-order valence-electron chi connectivity index (χ2n) is 12.3. The number of thiazole rings is 1. The van der Waals surface area contributed by atoms with Crippen molar-refractivity contribution in [2.45, 2.75) is 26.2 Å². The lowest BCUT2D eigenvalue weighted by Gasteiger charge is -2.28. The summed E-state index contributed by atoms with van der Waals surface area (Å²) in [4.78, 5) is 46.9. The zero-order chi connectivity index (χ0) is 32.0. The Bertz CT molecular complexity index is 1870. The molecule has 0 aliphatic carbocycles. The van der Waals surface area contributed by atoms with Crippen LogP contribution in [0.15, 0.2) is 55.1 Å². The molecule has 4 aromatic rings. The average molecular weight is 640 g/mol. The molecule has 2 amide bonds. The summed E-state index contributed by atoms with van der Waals surface area (Å²) in [5.74, 6) is 0.349. The molecular formula is C33H34FN9O2S. The summed E-state index contributed by atoms with van der Waals surface area (Å²) in [5, 5.41) is 14.0. The molecule has 7 rings (SSSR count). The zero-order valence-electron chi connectivity index (χ0n) is 25.7. The van der Waals surface area contributed by atoms with Crippen molar-refractivity contribution in [1.82, 2.24) is 34.5 Å². The van der Waals surface area contributed by atoms with Crippen LogP contribution in [0.25, 0.3) is 16.3 Å². The van der Waals surface area contributed by atoms with Gasteiger partial charge in [0.1, 0.15) is 17.2 Å². The highest BCUT2D eigenvalue weighted by Crippen LogP contribution is 2.42. The Morgan fingerprint density at radius 2 is 1.93 bits per heavy atom. The number of carbonyl (C=O) groups is 2. The highest BCUT2D eigenvalue weighted by molar-refractivity contribution is 7.16. The maximum Gasteiger partial charge on any atom is 0.237 e. The van der Waals surface area contributed by atoms with Crippen molar-refractivity contribution in [3.05, 3.63) is 82.8 Å². The van der Waals surface area contributed by atoms with Gasteiger partial charge in [0.25, 0.3) is 0 Å². The van der Waals surface area contributed by atoms with Crippen LogP contribution in [0.5, 0.6) is 0 Å². The molecule has 3 aromatic heterocycles. The Morgan fingerprint density at radius 3 is 2.67 bits per heavy atom. The van der Waals surface area contributed by atoms with E-state index in [2.05, 4.69) is 31.0 Å². The third-order valence-electron chi connectivity index (χ3n) is 9.25. The largest absolute Gasteiger partial charge is 0.338 e. The number of pyridine rings is 1. The number of aryl methyl sites for hydroxylation is 2. The van der Waals surface area contributed by atoms with Gasteiger partial charge in [0.15, 0.2) is 5.82 Å². The first-order valence-corrected chi connectivity index (χ1v) is 16.2. The summed E-state index contributed by atoms with van der Waals surface area (Å²) >= 11 is 1.56. The Balaban J connectivity index is 0.966. The van der Waals surface area contributed by atoms with Gasteiger partial charge < -0.3 is 9.80 Å². The van der Waals surface area contributed by atoms with Gasteiger partial charge in [-0.2, -0.15) is 5.10 Å². The van der Waals surface area contributed by atoms with Gasteiger partial charge in [-0.15, -0.1) is 11.3 Å². The van der Waals surface area contributed by atoms with Gasteiger partial charge in [0.05, 0.1) is 34.4 Å². The first kappa shape index (κ1) is 30.1. The maximum atomic E-state index is 13.9. The van der Waals surface area contributed by atoms with Crippen molar-refractivity contribution in [2.75, 3.05) is 44.2 Å². The predicted octanol–water partition coefficient (Wildman–Crippen LogP) is 3.94. The van der Waals surface area contributed by atoms with Crippen molar-refractivity contribution in [3.63, 3.8) is 0 Å². The van der Waals surface area contributed by atoms with Gasteiger partial charge in [-0.3, -0.25) is 29.6 Å². The number of halogens is 1. The summed E-state index contributed by atoms with van der Waals surface area (Å²) in [6.07, 6.45) is 8.83. The molecule has 0 bridgehead atoms. The van der Waals surface area contributed by atoms with Gasteiger partial charge in [-0.1, -0.05) is 12.1 Å². The van der Waals surface area contributed by atoms with E-state index in [4.69, 9.17) is 5.41 Å². The van der Waals surface area contributed by atoms with Crippen LogP contribution in [0, 0.1) is 23.6 Å². The number of rotatable bonds is 7. The average Bonchev–Trinajstić information content (AvgIpc) is 3.87. The second-order valence-corrected chi connectivity index (χ2v) is 13.3. The fourth-order valence-electron chi connectivity index (χ4n) is 6.61. The first-order chi connectivity index (χ1) is 22.2. The molecule has 0 saturated carbocycles.